The molecule has 0 spiro atoms. The van der Waals surface area contributed by atoms with Crippen LogP contribution in [0.25, 0.3) is 38.7 Å². The second-order valence-corrected chi connectivity index (χ2v) is 7.47. The highest BCUT2D eigenvalue weighted by Crippen LogP contribution is 2.34. The first-order valence-electron chi connectivity index (χ1n) is 9.96. The van der Waals surface area contributed by atoms with Gasteiger partial charge in [-0.25, -0.2) is 0 Å². The SMILES string of the molecule is C=C(/C=C\C)c1ccc2c(-c3cc(C)cc(-c4ccccc4)c3)nccc2c1C. The lowest BCUT2D eigenvalue weighted by Gasteiger charge is -2.14. The Kier molecular flexibility index (Phi) is 5.14. The summed E-state index contributed by atoms with van der Waals surface area (Å²) in [7, 11) is 0. The average Bonchev–Trinajstić information content (AvgIpc) is 2.74. The third kappa shape index (κ3) is 3.64. The summed E-state index contributed by atoms with van der Waals surface area (Å²) in [6.45, 7) is 10.5. The number of benzene rings is 3. The number of rotatable bonds is 4. The molecule has 1 heterocycles. The second kappa shape index (κ2) is 7.89. The summed E-state index contributed by atoms with van der Waals surface area (Å²) in [5.41, 5.74) is 9.30. The Hall–Kier alpha value is -3.45. The number of pyridine rings is 1. The summed E-state index contributed by atoms with van der Waals surface area (Å²) in [5, 5.41) is 2.40. The van der Waals surface area contributed by atoms with Crippen LogP contribution in [0.3, 0.4) is 0 Å². The van der Waals surface area contributed by atoms with Gasteiger partial charge >= 0.3 is 0 Å². The van der Waals surface area contributed by atoms with Crippen LogP contribution in [-0.2, 0) is 0 Å². The molecular weight excluding hydrogens is 350 g/mol. The van der Waals surface area contributed by atoms with Crippen molar-refractivity contribution in [2.45, 2.75) is 20.8 Å². The van der Waals surface area contributed by atoms with Gasteiger partial charge in [0.05, 0.1) is 5.69 Å². The molecule has 1 nitrogen and oxygen atoms in total. The standard InChI is InChI=1S/C28H25N/c1-5-9-20(3)25-12-13-27-26(21(25)4)14-15-29-28(27)24-17-19(2)16-23(18-24)22-10-7-6-8-11-22/h5-18H,3H2,1-2,4H3/b9-5-. The van der Waals surface area contributed by atoms with Crippen LogP contribution in [0, 0.1) is 13.8 Å². The predicted molar refractivity (Wildman–Crippen MR) is 126 cm³/mol. The molecule has 0 bridgehead atoms. The Bertz CT molecular complexity index is 1230. The molecule has 3 aromatic carbocycles. The zero-order chi connectivity index (χ0) is 20.4. The van der Waals surface area contributed by atoms with Crippen LogP contribution in [0.15, 0.2) is 91.7 Å². The lowest BCUT2D eigenvalue weighted by Crippen LogP contribution is -1.93. The van der Waals surface area contributed by atoms with E-state index in [1.54, 1.807) is 0 Å². The molecule has 142 valence electrons. The third-order valence-corrected chi connectivity index (χ3v) is 5.39. The van der Waals surface area contributed by atoms with Crippen LogP contribution in [-0.4, -0.2) is 4.98 Å². The van der Waals surface area contributed by atoms with Gasteiger partial charge in [0.2, 0.25) is 0 Å². The minimum absolute atomic E-state index is 1.02. The van der Waals surface area contributed by atoms with Gasteiger partial charge in [0.25, 0.3) is 0 Å². The number of aromatic nitrogens is 1. The molecule has 0 aliphatic rings. The molecule has 0 N–H and O–H groups in total. The minimum Gasteiger partial charge on any atom is -0.256 e. The molecule has 0 unspecified atom stereocenters. The molecular formula is C28H25N. The van der Waals surface area contributed by atoms with Crippen LogP contribution in [0.4, 0.5) is 0 Å². The second-order valence-electron chi connectivity index (χ2n) is 7.47. The molecule has 4 rings (SSSR count). The summed E-state index contributed by atoms with van der Waals surface area (Å²) in [5.74, 6) is 0. The van der Waals surface area contributed by atoms with E-state index in [2.05, 4.69) is 93.2 Å². The average molecular weight is 376 g/mol. The van der Waals surface area contributed by atoms with E-state index in [0.29, 0.717) is 0 Å². The van der Waals surface area contributed by atoms with E-state index < -0.39 is 0 Å². The van der Waals surface area contributed by atoms with Gasteiger partial charge in [0.15, 0.2) is 0 Å². The van der Waals surface area contributed by atoms with Crippen molar-refractivity contribution < 1.29 is 0 Å². The zero-order valence-electron chi connectivity index (χ0n) is 17.2. The molecule has 0 radical (unpaired) electrons. The Morgan fingerprint density at radius 1 is 0.828 bits per heavy atom. The van der Waals surface area contributed by atoms with E-state index in [4.69, 9.17) is 4.98 Å². The van der Waals surface area contributed by atoms with Crippen LogP contribution < -0.4 is 0 Å². The number of hydrogen-bond acceptors (Lipinski definition) is 1. The largest absolute Gasteiger partial charge is 0.256 e. The Labute approximate surface area is 173 Å². The van der Waals surface area contributed by atoms with E-state index in [1.165, 1.54) is 38.6 Å². The van der Waals surface area contributed by atoms with E-state index in [-0.39, 0.29) is 0 Å². The molecule has 0 saturated carbocycles. The Morgan fingerprint density at radius 2 is 1.59 bits per heavy atom. The van der Waals surface area contributed by atoms with Crippen molar-refractivity contribution in [1.29, 1.82) is 0 Å². The first-order valence-corrected chi connectivity index (χ1v) is 9.96. The summed E-state index contributed by atoms with van der Waals surface area (Å²) in [4.78, 5) is 4.77. The minimum atomic E-state index is 1.02. The number of allylic oxidation sites excluding steroid dienone is 3. The van der Waals surface area contributed by atoms with Crippen molar-refractivity contribution in [3.8, 4) is 22.4 Å². The fourth-order valence-corrected chi connectivity index (χ4v) is 3.99. The van der Waals surface area contributed by atoms with Crippen molar-refractivity contribution in [2.75, 3.05) is 0 Å². The van der Waals surface area contributed by atoms with Crippen molar-refractivity contribution in [1.82, 2.24) is 4.98 Å². The maximum absolute atomic E-state index is 4.77. The molecule has 0 saturated heterocycles. The molecule has 1 aromatic heterocycles. The first kappa shape index (κ1) is 18.9. The van der Waals surface area contributed by atoms with Crippen LogP contribution >= 0.6 is 0 Å². The summed E-state index contributed by atoms with van der Waals surface area (Å²) < 4.78 is 0. The molecule has 1 heteroatoms. The third-order valence-electron chi connectivity index (χ3n) is 5.39. The van der Waals surface area contributed by atoms with Crippen molar-refractivity contribution >= 4 is 16.3 Å². The molecule has 29 heavy (non-hydrogen) atoms. The molecule has 0 atom stereocenters. The molecule has 4 aromatic rings. The van der Waals surface area contributed by atoms with E-state index in [9.17, 15) is 0 Å². The molecule has 0 aliphatic carbocycles. The van der Waals surface area contributed by atoms with Gasteiger partial charge in [-0.3, -0.25) is 4.98 Å². The van der Waals surface area contributed by atoms with E-state index in [1.807, 2.05) is 19.2 Å². The molecule has 0 fully saturated rings. The van der Waals surface area contributed by atoms with Crippen LogP contribution in [0.1, 0.15) is 23.6 Å². The van der Waals surface area contributed by atoms with Gasteiger partial charge in [-0.1, -0.05) is 67.3 Å². The lowest BCUT2D eigenvalue weighted by atomic mass is 9.92. The number of hydrogen-bond donors (Lipinski definition) is 0. The maximum Gasteiger partial charge on any atom is 0.0780 e. The van der Waals surface area contributed by atoms with Crippen molar-refractivity contribution in [2.24, 2.45) is 0 Å². The maximum atomic E-state index is 4.77. The van der Waals surface area contributed by atoms with Gasteiger partial charge in [-0.2, -0.15) is 0 Å². The summed E-state index contributed by atoms with van der Waals surface area (Å²) in [6, 6.07) is 23.7. The number of fused-ring (bicyclic) bond motifs is 1. The van der Waals surface area contributed by atoms with E-state index in [0.717, 1.165) is 16.8 Å². The fourth-order valence-electron chi connectivity index (χ4n) is 3.99. The Balaban J connectivity index is 1.90. The number of nitrogens with zero attached hydrogens (tertiary/aromatic N) is 1. The first-order chi connectivity index (χ1) is 14.1. The van der Waals surface area contributed by atoms with Gasteiger partial charge in [-0.05, 0) is 77.7 Å². The van der Waals surface area contributed by atoms with Crippen LogP contribution in [0.5, 0.6) is 0 Å². The smallest absolute Gasteiger partial charge is 0.0780 e. The normalized spacial score (nSPS) is 11.3. The van der Waals surface area contributed by atoms with Gasteiger partial charge < -0.3 is 0 Å². The van der Waals surface area contributed by atoms with Crippen molar-refractivity contribution in [3.63, 3.8) is 0 Å². The van der Waals surface area contributed by atoms with Crippen molar-refractivity contribution in [3.05, 3.63) is 108 Å². The van der Waals surface area contributed by atoms with Gasteiger partial charge in [0.1, 0.15) is 0 Å². The molecule has 0 amide bonds. The van der Waals surface area contributed by atoms with Gasteiger partial charge in [-0.15, -0.1) is 0 Å². The predicted octanol–water partition coefficient (Wildman–Crippen LogP) is 7.77. The fraction of sp³-hybridized carbons (Fsp3) is 0.107. The number of aryl methyl sites for hydroxylation is 2. The highest BCUT2D eigenvalue weighted by Gasteiger charge is 2.12. The van der Waals surface area contributed by atoms with Gasteiger partial charge in [0, 0.05) is 17.1 Å². The van der Waals surface area contributed by atoms with Crippen LogP contribution in [0.2, 0.25) is 0 Å². The highest BCUT2D eigenvalue weighted by molar-refractivity contribution is 5.99. The topological polar surface area (TPSA) is 12.9 Å². The summed E-state index contributed by atoms with van der Waals surface area (Å²) in [6.07, 6.45) is 6.00. The lowest BCUT2D eigenvalue weighted by molar-refractivity contribution is 1.34. The monoisotopic (exact) mass is 375 g/mol. The Morgan fingerprint density at radius 3 is 2.34 bits per heavy atom. The molecule has 0 aliphatic heterocycles. The summed E-state index contributed by atoms with van der Waals surface area (Å²) >= 11 is 0. The quantitative estimate of drug-likeness (QED) is 0.332. The van der Waals surface area contributed by atoms with E-state index >= 15 is 0 Å². The zero-order valence-corrected chi connectivity index (χ0v) is 17.2. The highest BCUT2D eigenvalue weighted by atomic mass is 14.7.